The summed E-state index contributed by atoms with van der Waals surface area (Å²) in [6.45, 7) is 3.07. The van der Waals surface area contributed by atoms with Crippen LogP contribution in [0.5, 0.6) is 0 Å². The third-order valence-corrected chi connectivity index (χ3v) is 3.55. The summed E-state index contributed by atoms with van der Waals surface area (Å²) in [7, 11) is 1.94. The fourth-order valence-corrected chi connectivity index (χ4v) is 2.54. The Bertz CT molecular complexity index is 539. The Morgan fingerprint density at radius 2 is 2.26 bits per heavy atom. The van der Waals surface area contributed by atoms with Gasteiger partial charge < -0.3 is 5.32 Å². The molecule has 1 N–H and O–H groups in total. The molecule has 0 aliphatic heterocycles. The molecule has 0 bridgehead atoms. The van der Waals surface area contributed by atoms with Crippen LogP contribution in [0.1, 0.15) is 10.4 Å². The number of hydrogen-bond acceptors (Lipinski definition) is 4. The molecule has 5 heteroatoms. The largest absolute Gasteiger partial charge is 0.309 e. The lowest BCUT2D eigenvalue weighted by Crippen LogP contribution is -2.30. The zero-order valence-corrected chi connectivity index (χ0v) is 11.9. The smallest absolute Gasteiger partial charge is 0.239 e. The molecule has 100 valence electrons. The summed E-state index contributed by atoms with van der Waals surface area (Å²) in [6.07, 6.45) is 1.68. The number of thiophene rings is 1. The normalized spacial score (nSPS) is 10.7. The van der Waals surface area contributed by atoms with Crippen LogP contribution in [0.3, 0.4) is 0 Å². The maximum absolute atomic E-state index is 11.9. The molecule has 0 aromatic carbocycles. The van der Waals surface area contributed by atoms with Crippen molar-refractivity contribution in [2.45, 2.75) is 13.5 Å². The summed E-state index contributed by atoms with van der Waals surface area (Å²) < 4.78 is 0. The number of pyridine rings is 1. The minimum Gasteiger partial charge on any atom is -0.309 e. The molecule has 1 amide bonds. The van der Waals surface area contributed by atoms with Crippen LogP contribution in [0.2, 0.25) is 0 Å². The minimum absolute atomic E-state index is 0.0409. The number of amides is 1. The first kappa shape index (κ1) is 13.7. The van der Waals surface area contributed by atoms with Crippen LogP contribution in [0.25, 0.3) is 0 Å². The van der Waals surface area contributed by atoms with E-state index in [4.69, 9.17) is 0 Å². The predicted molar refractivity (Wildman–Crippen MR) is 78.3 cm³/mol. The summed E-state index contributed by atoms with van der Waals surface area (Å²) >= 11 is 1.70. The highest BCUT2D eigenvalue weighted by Crippen LogP contribution is 2.11. The monoisotopic (exact) mass is 275 g/mol. The van der Waals surface area contributed by atoms with Crippen LogP contribution in [-0.4, -0.2) is 29.4 Å². The average molecular weight is 275 g/mol. The molecule has 2 rings (SSSR count). The molecule has 19 heavy (non-hydrogen) atoms. The van der Waals surface area contributed by atoms with Crippen molar-refractivity contribution in [3.63, 3.8) is 0 Å². The number of rotatable bonds is 5. The molecular formula is C14H17N3OS. The summed E-state index contributed by atoms with van der Waals surface area (Å²) in [5.41, 5.74) is 0.969. The van der Waals surface area contributed by atoms with Crippen molar-refractivity contribution in [1.29, 1.82) is 0 Å². The van der Waals surface area contributed by atoms with Gasteiger partial charge in [-0.15, -0.1) is 11.3 Å². The molecule has 0 fully saturated rings. The van der Waals surface area contributed by atoms with Gasteiger partial charge in [-0.3, -0.25) is 9.69 Å². The van der Waals surface area contributed by atoms with Crippen LogP contribution < -0.4 is 5.32 Å². The molecular weight excluding hydrogens is 258 g/mol. The molecule has 0 radical (unpaired) electrons. The van der Waals surface area contributed by atoms with Gasteiger partial charge >= 0.3 is 0 Å². The second-order valence-electron chi connectivity index (χ2n) is 4.47. The Kier molecular flexibility index (Phi) is 4.65. The van der Waals surface area contributed by atoms with E-state index >= 15 is 0 Å². The number of hydrogen-bond donors (Lipinski definition) is 1. The van der Waals surface area contributed by atoms with Gasteiger partial charge in [0.25, 0.3) is 0 Å². The molecule has 0 aliphatic rings. The SMILES string of the molecule is Cc1cccnc1NC(=O)CN(C)Cc1cccs1. The number of aryl methyl sites for hydroxylation is 1. The number of carbonyl (C=O) groups is 1. The van der Waals surface area contributed by atoms with E-state index in [1.54, 1.807) is 17.5 Å². The summed E-state index contributed by atoms with van der Waals surface area (Å²) in [5.74, 6) is 0.595. The Labute approximate surface area is 117 Å². The van der Waals surface area contributed by atoms with Crippen LogP contribution in [0.4, 0.5) is 5.82 Å². The van der Waals surface area contributed by atoms with E-state index in [1.807, 2.05) is 42.5 Å². The fourth-order valence-electron chi connectivity index (χ4n) is 1.76. The van der Waals surface area contributed by atoms with Gasteiger partial charge in [0.1, 0.15) is 5.82 Å². The minimum atomic E-state index is -0.0409. The van der Waals surface area contributed by atoms with E-state index < -0.39 is 0 Å². The number of nitrogens with one attached hydrogen (secondary N) is 1. The quantitative estimate of drug-likeness (QED) is 0.912. The van der Waals surface area contributed by atoms with Crippen molar-refractivity contribution in [3.8, 4) is 0 Å². The number of nitrogens with zero attached hydrogens (tertiary/aromatic N) is 2. The Hall–Kier alpha value is -1.72. The van der Waals surface area contributed by atoms with Gasteiger partial charge in [0.15, 0.2) is 0 Å². The Balaban J connectivity index is 1.86. The lowest BCUT2D eigenvalue weighted by molar-refractivity contribution is -0.117. The van der Waals surface area contributed by atoms with Gasteiger partial charge in [-0.05, 0) is 37.0 Å². The van der Waals surface area contributed by atoms with Crippen molar-refractivity contribution >= 4 is 23.1 Å². The van der Waals surface area contributed by atoms with Crippen molar-refractivity contribution in [2.75, 3.05) is 18.9 Å². The molecule has 2 aromatic rings. The lowest BCUT2D eigenvalue weighted by atomic mass is 10.3. The van der Waals surface area contributed by atoms with E-state index in [9.17, 15) is 4.79 Å². The van der Waals surface area contributed by atoms with Crippen molar-refractivity contribution in [3.05, 3.63) is 46.3 Å². The molecule has 0 unspecified atom stereocenters. The molecule has 0 atom stereocenters. The van der Waals surface area contributed by atoms with Gasteiger partial charge in [-0.2, -0.15) is 0 Å². The molecule has 0 saturated carbocycles. The molecule has 0 aliphatic carbocycles. The van der Waals surface area contributed by atoms with Gasteiger partial charge in [-0.25, -0.2) is 4.98 Å². The van der Waals surface area contributed by atoms with E-state index in [-0.39, 0.29) is 5.91 Å². The van der Waals surface area contributed by atoms with Crippen molar-refractivity contribution < 1.29 is 4.79 Å². The van der Waals surface area contributed by atoms with Gasteiger partial charge in [0, 0.05) is 17.6 Å². The molecule has 4 nitrogen and oxygen atoms in total. The van der Waals surface area contributed by atoms with Gasteiger partial charge in [0.05, 0.1) is 6.54 Å². The van der Waals surface area contributed by atoms with Crippen LogP contribution in [0.15, 0.2) is 35.8 Å². The lowest BCUT2D eigenvalue weighted by Gasteiger charge is -2.15. The third-order valence-electron chi connectivity index (χ3n) is 2.69. The summed E-state index contributed by atoms with van der Waals surface area (Å²) in [4.78, 5) is 19.3. The van der Waals surface area contributed by atoms with Crippen LogP contribution in [-0.2, 0) is 11.3 Å². The van der Waals surface area contributed by atoms with E-state index in [2.05, 4.69) is 16.4 Å². The highest BCUT2D eigenvalue weighted by Gasteiger charge is 2.09. The first-order valence-electron chi connectivity index (χ1n) is 6.07. The maximum atomic E-state index is 11.9. The second-order valence-corrected chi connectivity index (χ2v) is 5.50. The van der Waals surface area contributed by atoms with Crippen molar-refractivity contribution in [1.82, 2.24) is 9.88 Å². The average Bonchev–Trinajstić information content (AvgIpc) is 2.84. The number of aromatic nitrogens is 1. The molecule has 2 aromatic heterocycles. The molecule has 2 heterocycles. The highest BCUT2D eigenvalue weighted by molar-refractivity contribution is 7.09. The third kappa shape index (κ3) is 4.15. The summed E-state index contributed by atoms with van der Waals surface area (Å²) in [5, 5.41) is 4.87. The van der Waals surface area contributed by atoms with Gasteiger partial charge in [-0.1, -0.05) is 12.1 Å². The Morgan fingerprint density at radius 3 is 2.95 bits per heavy atom. The first-order chi connectivity index (χ1) is 9.15. The zero-order chi connectivity index (χ0) is 13.7. The number of likely N-dealkylation sites (N-methyl/N-ethyl adjacent to an activating group) is 1. The molecule has 0 spiro atoms. The fraction of sp³-hybridized carbons (Fsp3) is 0.286. The molecule has 0 saturated heterocycles. The number of carbonyl (C=O) groups excluding carboxylic acids is 1. The number of anilines is 1. The van der Waals surface area contributed by atoms with E-state index in [0.717, 1.165) is 12.1 Å². The zero-order valence-electron chi connectivity index (χ0n) is 11.1. The van der Waals surface area contributed by atoms with E-state index in [1.165, 1.54) is 4.88 Å². The highest BCUT2D eigenvalue weighted by atomic mass is 32.1. The van der Waals surface area contributed by atoms with Crippen molar-refractivity contribution in [2.24, 2.45) is 0 Å². The topological polar surface area (TPSA) is 45.2 Å². The first-order valence-corrected chi connectivity index (χ1v) is 6.95. The summed E-state index contributed by atoms with van der Waals surface area (Å²) in [6, 6.07) is 7.87. The van der Waals surface area contributed by atoms with Crippen LogP contribution >= 0.6 is 11.3 Å². The standard InChI is InChI=1S/C14H17N3OS/c1-11-5-3-7-15-14(11)16-13(18)10-17(2)9-12-6-4-8-19-12/h3-8H,9-10H2,1-2H3,(H,15,16,18). The predicted octanol–water partition coefficient (Wildman–Crippen LogP) is 2.52. The second kappa shape index (κ2) is 6.45. The Morgan fingerprint density at radius 1 is 1.42 bits per heavy atom. The van der Waals surface area contributed by atoms with Gasteiger partial charge in [0.2, 0.25) is 5.91 Å². The van der Waals surface area contributed by atoms with E-state index in [0.29, 0.717) is 12.4 Å². The van der Waals surface area contributed by atoms with Crippen LogP contribution in [0, 0.1) is 6.92 Å². The maximum Gasteiger partial charge on any atom is 0.239 e.